The van der Waals surface area contributed by atoms with Gasteiger partial charge in [-0.1, -0.05) is 54.8 Å². The summed E-state index contributed by atoms with van der Waals surface area (Å²) in [7, 11) is 1.94. The molecule has 5 nitrogen and oxygen atoms in total. The largest absolute Gasteiger partial charge is 0.477 e. The molecule has 39 heavy (non-hydrogen) atoms. The van der Waals surface area contributed by atoms with Crippen molar-refractivity contribution in [2.24, 2.45) is 16.7 Å². The van der Waals surface area contributed by atoms with Crippen LogP contribution in [0.1, 0.15) is 97.2 Å². The molecule has 1 N–H and O–H groups in total. The molecule has 0 atom stereocenters. The topological polar surface area (TPSA) is 74.7 Å². The van der Waals surface area contributed by atoms with E-state index in [1.165, 1.54) is 43.9 Å². The number of hydrogen-bond donors (Lipinski definition) is 1. The normalized spacial score (nSPS) is 20.3. The lowest BCUT2D eigenvalue weighted by Crippen LogP contribution is -2.29. The fraction of sp³-hybridized carbons (Fsp3) is 0.516. The van der Waals surface area contributed by atoms with Crippen LogP contribution in [-0.2, 0) is 4.79 Å². The summed E-state index contributed by atoms with van der Waals surface area (Å²) < 4.78 is 0. The summed E-state index contributed by atoms with van der Waals surface area (Å²) in [6, 6.07) is 6.64. The Kier molecular flexibility index (Phi) is 11.7. The molecule has 4 rings (SSSR count). The van der Waals surface area contributed by atoms with Crippen molar-refractivity contribution in [3.05, 3.63) is 55.2 Å². The molecule has 2 aromatic rings. The fourth-order valence-corrected chi connectivity index (χ4v) is 6.00. The van der Waals surface area contributed by atoms with E-state index in [1.54, 1.807) is 25.1 Å². The number of amides is 1. The van der Waals surface area contributed by atoms with Crippen LogP contribution >= 0.6 is 34.5 Å². The third-order valence-electron chi connectivity index (χ3n) is 6.84. The zero-order valence-electron chi connectivity index (χ0n) is 23.9. The van der Waals surface area contributed by atoms with Crippen LogP contribution in [0.3, 0.4) is 0 Å². The molecular formula is C31H39Cl2NO4S. The van der Waals surface area contributed by atoms with Gasteiger partial charge in [0.05, 0.1) is 9.90 Å². The smallest absolute Gasteiger partial charge is 0.346 e. The number of likely N-dealkylation sites (tertiary alicyclic amines) is 1. The van der Waals surface area contributed by atoms with E-state index in [1.807, 2.05) is 38.8 Å². The maximum absolute atomic E-state index is 11.5. The molecule has 0 radical (unpaired) electrons. The summed E-state index contributed by atoms with van der Waals surface area (Å²) in [5.74, 6) is 6.41. The predicted octanol–water partition coefficient (Wildman–Crippen LogP) is 8.39. The van der Waals surface area contributed by atoms with Crippen molar-refractivity contribution >= 4 is 52.2 Å². The number of carboxylic acid groups (broad SMARTS) is 1. The molecule has 1 aliphatic carbocycles. The zero-order chi connectivity index (χ0) is 29.5. The first-order chi connectivity index (χ1) is 18.0. The minimum Gasteiger partial charge on any atom is -0.477 e. The van der Waals surface area contributed by atoms with Gasteiger partial charge in [-0.2, -0.15) is 0 Å². The van der Waals surface area contributed by atoms with E-state index in [0.717, 1.165) is 29.3 Å². The number of aromatic carboxylic acids is 1. The van der Waals surface area contributed by atoms with Crippen LogP contribution in [0.15, 0.2) is 24.3 Å². The van der Waals surface area contributed by atoms with Gasteiger partial charge in [0, 0.05) is 36.0 Å². The minimum atomic E-state index is -0.874. The number of thiophene rings is 1. The van der Waals surface area contributed by atoms with Crippen molar-refractivity contribution in [2.75, 3.05) is 13.6 Å². The van der Waals surface area contributed by atoms with Gasteiger partial charge in [-0.15, -0.1) is 11.3 Å². The van der Waals surface area contributed by atoms with Gasteiger partial charge >= 0.3 is 5.97 Å². The van der Waals surface area contributed by atoms with Crippen molar-refractivity contribution in [3.8, 4) is 11.8 Å². The Morgan fingerprint density at radius 2 is 1.77 bits per heavy atom. The molecule has 8 heteroatoms. The predicted molar refractivity (Wildman–Crippen MR) is 161 cm³/mol. The molecule has 1 saturated heterocycles. The van der Waals surface area contributed by atoms with Crippen molar-refractivity contribution < 1.29 is 19.5 Å². The third-order valence-corrected chi connectivity index (χ3v) is 8.53. The Hall–Kier alpha value is -2.33. The number of aryl methyl sites for hydroxylation is 1. The van der Waals surface area contributed by atoms with Gasteiger partial charge in [0.1, 0.15) is 4.88 Å². The Balaban J connectivity index is 0.000000208. The van der Waals surface area contributed by atoms with Gasteiger partial charge in [0.15, 0.2) is 5.78 Å². The lowest BCUT2D eigenvalue weighted by Gasteiger charge is -2.35. The number of rotatable bonds is 2. The van der Waals surface area contributed by atoms with Crippen molar-refractivity contribution in [1.82, 2.24) is 4.90 Å². The molecule has 0 unspecified atom stereocenters. The van der Waals surface area contributed by atoms with Gasteiger partial charge in [-0.25, -0.2) is 4.79 Å². The van der Waals surface area contributed by atoms with Gasteiger partial charge in [-0.3, -0.25) is 9.59 Å². The highest BCUT2D eigenvalue weighted by molar-refractivity contribution is 7.14. The lowest BCUT2D eigenvalue weighted by atomic mass is 9.70. The summed E-state index contributed by atoms with van der Waals surface area (Å²) in [4.78, 5) is 36.2. The summed E-state index contributed by atoms with van der Waals surface area (Å²) >= 11 is 12.6. The molecular weight excluding hydrogens is 553 g/mol. The van der Waals surface area contributed by atoms with E-state index in [-0.39, 0.29) is 11.2 Å². The average Bonchev–Trinajstić information content (AvgIpc) is 3.33. The van der Waals surface area contributed by atoms with E-state index in [9.17, 15) is 14.4 Å². The monoisotopic (exact) mass is 591 g/mol. The number of ketones is 1. The van der Waals surface area contributed by atoms with Crippen LogP contribution in [-0.4, -0.2) is 41.3 Å². The zero-order valence-corrected chi connectivity index (χ0v) is 26.2. The Bertz CT molecular complexity index is 1260. The van der Waals surface area contributed by atoms with Gasteiger partial charge < -0.3 is 10.0 Å². The van der Waals surface area contributed by atoms with Crippen molar-refractivity contribution in [2.45, 2.75) is 73.6 Å². The summed E-state index contributed by atoms with van der Waals surface area (Å²) in [5, 5.41) is 9.82. The van der Waals surface area contributed by atoms with E-state index in [0.29, 0.717) is 31.8 Å². The molecule has 1 aromatic carbocycles. The highest BCUT2D eigenvalue weighted by atomic mass is 35.5. The number of Topliss-reactive ketones (excluding diaryl/α,β-unsaturated/α-hetero) is 1. The van der Waals surface area contributed by atoms with Crippen molar-refractivity contribution in [3.63, 3.8) is 0 Å². The molecule has 0 bridgehead atoms. The molecule has 1 amide bonds. The number of hydrogen-bond acceptors (Lipinski definition) is 4. The van der Waals surface area contributed by atoms with Gasteiger partial charge in [0.2, 0.25) is 5.91 Å². The second kappa shape index (κ2) is 13.8. The first-order valence-corrected chi connectivity index (χ1v) is 14.7. The average molecular weight is 593 g/mol. The van der Waals surface area contributed by atoms with Gasteiger partial charge in [0.25, 0.3) is 0 Å². The van der Waals surface area contributed by atoms with Gasteiger partial charge in [-0.05, 0) is 88.6 Å². The lowest BCUT2D eigenvalue weighted by molar-refractivity contribution is -0.126. The highest BCUT2D eigenvalue weighted by Gasteiger charge is 2.43. The fourth-order valence-electron chi connectivity index (χ4n) is 4.59. The first kappa shape index (κ1) is 32.9. The standard InChI is InChI=1S/C12H14O2S.C11H19NO.C8H6Cl2O/c1-8-7-9(5-6-12(2,3)4)15-10(8)11(13)14;1-9-3-5-11(6-4-9)7-10(13)12(2)8-11;1-5(11)7-3-2-6(9)4-8(7)10/h7H,1-4H3,(H,13,14);9H,3-8H2,1-2H3;2-4H,1H3. The van der Waals surface area contributed by atoms with Crippen LogP contribution in [0, 0.1) is 35.5 Å². The maximum Gasteiger partial charge on any atom is 0.346 e. The van der Waals surface area contributed by atoms with Crippen LogP contribution in [0.2, 0.25) is 10.0 Å². The number of carbonyl (C=O) groups excluding carboxylic acids is 2. The molecule has 212 valence electrons. The van der Waals surface area contributed by atoms with E-state index >= 15 is 0 Å². The summed E-state index contributed by atoms with van der Waals surface area (Å²) in [6.07, 6.45) is 5.99. The van der Waals surface area contributed by atoms with Crippen LogP contribution in [0.25, 0.3) is 0 Å². The Labute approximate surface area is 246 Å². The molecule has 2 aliphatic rings. The highest BCUT2D eigenvalue weighted by Crippen LogP contribution is 2.45. The summed E-state index contributed by atoms with van der Waals surface area (Å²) in [5.41, 5.74) is 1.61. The molecule has 1 aromatic heterocycles. The number of carbonyl (C=O) groups is 3. The number of nitrogens with zero attached hydrogens (tertiary/aromatic N) is 1. The number of benzene rings is 1. The molecule has 2 heterocycles. The molecule has 1 saturated carbocycles. The minimum absolute atomic E-state index is 0.0494. The molecule has 2 fully saturated rings. The van der Waals surface area contributed by atoms with Crippen molar-refractivity contribution in [1.29, 1.82) is 0 Å². The number of carboxylic acids is 1. The molecule has 1 aliphatic heterocycles. The van der Waals surface area contributed by atoms with Crippen LogP contribution in [0.5, 0.6) is 0 Å². The Morgan fingerprint density at radius 3 is 2.21 bits per heavy atom. The Morgan fingerprint density at radius 1 is 1.15 bits per heavy atom. The van der Waals surface area contributed by atoms with Crippen LogP contribution < -0.4 is 0 Å². The summed E-state index contributed by atoms with van der Waals surface area (Å²) in [6.45, 7) is 12.7. The van der Waals surface area contributed by atoms with E-state index in [4.69, 9.17) is 28.3 Å². The third kappa shape index (κ3) is 10.3. The quantitative estimate of drug-likeness (QED) is 0.281. The van der Waals surface area contributed by atoms with E-state index < -0.39 is 5.97 Å². The second-order valence-corrected chi connectivity index (χ2v) is 13.6. The van der Waals surface area contributed by atoms with E-state index in [2.05, 4.69) is 18.8 Å². The van der Waals surface area contributed by atoms with Crippen LogP contribution in [0.4, 0.5) is 0 Å². The second-order valence-electron chi connectivity index (χ2n) is 11.7. The molecule has 1 spiro atoms. The first-order valence-electron chi connectivity index (χ1n) is 13.1. The number of halogens is 2. The SMILES string of the molecule is CC(=O)c1ccc(Cl)cc1Cl.CC1CCC2(CC1)CC(=O)N(C)C2.Cc1cc(C#CC(C)(C)C)sc1C(=O)O. The maximum atomic E-state index is 11.5.